The summed E-state index contributed by atoms with van der Waals surface area (Å²) < 4.78 is 1.84. The monoisotopic (exact) mass is 322 g/mol. The Hall–Kier alpha value is -3.15. The summed E-state index contributed by atoms with van der Waals surface area (Å²) in [6.45, 7) is 3.72. The van der Waals surface area contributed by atoms with Gasteiger partial charge in [-0.2, -0.15) is 0 Å². The summed E-state index contributed by atoms with van der Waals surface area (Å²) in [5.41, 5.74) is 3.55. The first-order valence-corrected chi connectivity index (χ1v) is 7.56. The molecule has 24 heavy (non-hydrogen) atoms. The molecule has 2 heterocycles. The summed E-state index contributed by atoms with van der Waals surface area (Å²) in [7, 11) is 1.85. The van der Waals surface area contributed by atoms with Gasteiger partial charge in [0.25, 0.3) is 11.5 Å². The molecule has 6 heteroatoms. The quantitative estimate of drug-likeness (QED) is 0.778. The van der Waals surface area contributed by atoms with Crippen LogP contribution in [0.4, 0.5) is 5.69 Å². The van der Waals surface area contributed by atoms with Gasteiger partial charge in [-0.15, -0.1) is 0 Å². The van der Waals surface area contributed by atoms with Crippen LogP contribution >= 0.6 is 0 Å². The van der Waals surface area contributed by atoms with Crippen LogP contribution in [-0.4, -0.2) is 20.4 Å². The Morgan fingerprint density at radius 2 is 1.83 bits per heavy atom. The van der Waals surface area contributed by atoms with E-state index in [0.29, 0.717) is 22.9 Å². The third-order valence-electron chi connectivity index (χ3n) is 3.89. The fourth-order valence-corrected chi connectivity index (χ4v) is 2.46. The van der Waals surface area contributed by atoms with Gasteiger partial charge in [0.2, 0.25) is 0 Å². The lowest BCUT2D eigenvalue weighted by Crippen LogP contribution is -2.16. The van der Waals surface area contributed by atoms with Crippen molar-refractivity contribution in [2.45, 2.75) is 13.8 Å². The minimum Gasteiger partial charge on any atom is -0.344 e. The minimum atomic E-state index is -0.186. The van der Waals surface area contributed by atoms with Crippen LogP contribution < -0.4 is 10.9 Å². The van der Waals surface area contributed by atoms with Crippen LogP contribution in [0.3, 0.4) is 0 Å². The first-order valence-electron chi connectivity index (χ1n) is 7.56. The van der Waals surface area contributed by atoms with Crippen molar-refractivity contribution in [3.8, 4) is 11.4 Å². The number of aromatic amines is 1. The fraction of sp³-hybridized carbons (Fsp3) is 0.167. The fourth-order valence-electron chi connectivity index (χ4n) is 2.46. The molecule has 0 aliphatic carbocycles. The van der Waals surface area contributed by atoms with Crippen LogP contribution in [0.15, 0.2) is 47.3 Å². The molecule has 6 nitrogen and oxygen atoms in total. The normalized spacial score (nSPS) is 10.6. The molecule has 0 unspecified atom stereocenters. The number of amides is 1. The molecule has 122 valence electrons. The Morgan fingerprint density at radius 3 is 2.42 bits per heavy atom. The van der Waals surface area contributed by atoms with Crippen LogP contribution in [-0.2, 0) is 7.05 Å². The van der Waals surface area contributed by atoms with Crippen LogP contribution in [0.2, 0.25) is 0 Å². The molecule has 0 fully saturated rings. The van der Waals surface area contributed by atoms with Gasteiger partial charge in [0.05, 0.1) is 0 Å². The largest absolute Gasteiger partial charge is 0.344 e. The Balaban J connectivity index is 1.81. The van der Waals surface area contributed by atoms with Crippen molar-refractivity contribution in [1.82, 2.24) is 14.5 Å². The van der Waals surface area contributed by atoms with Gasteiger partial charge in [0.15, 0.2) is 0 Å². The van der Waals surface area contributed by atoms with E-state index in [9.17, 15) is 9.59 Å². The Labute approximate surface area is 139 Å². The van der Waals surface area contributed by atoms with Gasteiger partial charge in [0.1, 0.15) is 11.5 Å². The molecule has 0 spiro atoms. The van der Waals surface area contributed by atoms with Crippen molar-refractivity contribution in [1.29, 1.82) is 0 Å². The van der Waals surface area contributed by atoms with Gasteiger partial charge in [-0.25, -0.2) is 4.98 Å². The zero-order chi connectivity index (χ0) is 17.3. The number of anilines is 1. The lowest BCUT2D eigenvalue weighted by atomic mass is 10.2. The summed E-state index contributed by atoms with van der Waals surface area (Å²) in [5.74, 6) is 0.344. The topological polar surface area (TPSA) is 79.8 Å². The molecule has 0 aliphatic heterocycles. The minimum absolute atomic E-state index is 0.166. The van der Waals surface area contributed by atoms with Gasteiger partial charge < -0.3 is 14.9 Å². The Morgan fingerprint density at radius 1 is 1.12 bits per heavy atom. The molecular weight excluding hydrogens is 304 g/mol. The van der Waals surface area contributed by atoms with E-state index in [-0.39, 0.29) is 11.5 Å². The SMILES string of the molecule is Cc1cc(=O)[nH]c(-c2ccc(NC(=O)c3ccc(C)n3C)cc2)n1. The molecule has 0 radical (unpaired) electrons. The molecule has 0 saturated carbocycles. The lowest BCUT2D eigenvalue weighted by molar-refractivity contribution is 0.101. The number of benzene rings is 1. The number of H-pyrrole nitrogens is 1. The van der Waals surface area contributed by atoms with E-state index < -0.39 is 0 Å². The van der Waals surface area contributed by atoms with Crippen molar-refractivity contribution in [2.24, 2.45) is 7.05 Å². The second-order valence-electron chi connectivity index (χ2n) is 5.69. The highest BCUT2D eigenvalue weighted by molar-refractivity contribution is 6.03. The molecule has 0 aliphatic rings. The van der Waals surface area contributed by atoms with E-state index in [0.717, 1.165) is 11.3 Å². The number of rotatable bonds is 3. The second kappa shape index (κ2) is 6.16. The van der Waals surface area contributed by atoms with Crippen LogP contribution in [0.1, 0.15) is 21.9 Å². The van der Waals surface area contributed by atoms with Gasteiger partial charge in [-0.3, -0.25) is 9.59 Å². The number of aryl methyl sites for hydroxylation is 2. The van der Waals surface area contributed by atoms with Gasteiger partial charge in [-0.05, 0) is 50.2 Å². The van der Waals surface area contributed by atoms with Crippen molar-refractivity contribution < 1.29 is 4.79 Å². The molecule has 0 saturated heterocycles. The van der Waals surface area contributed by atoms with E-state index in [4.69, 9.17) is 0 Å². The Bertz CT molecular complexity index is 952. The average Bonchev–Trinajstić information content (AvgIpc) is 2.87. The maximum atomic E-state index is 12.3. The van der Waals surface area contributed by atoms with Gasteiger partial charge in [-0.1, -0.05) is 0 Å². The highest BCUT2D eigenvalue weighted by atomic mass is 16.2. The van der Waals surface area contributed by atoms with Crippen molar-refractivity contribution in [3.63, 3.8) is 0 Å². The lowest BCUT2D eigenvalue weighted by Gasteiger charge is -2.08. The number of hydrogen-bond acceptors (Lipinski definition) is 3. The maximum Gasteiger partial charge on any atom is 0.272 e. The molecule has 1 amide bonds. The first-order chi connectivity index (χ1) is 11.4. The van der Waals surface area contributed by atoms with E-state index in [1.807, 2.05) is 36.7 Å². The Kier molecular flexibility index (Phi) is 4.04. The van der Waals surface area contributed by atoms with Gasteiger partial charge >= 0.3 is 0 Å². The smallest absolute Gasteiger partial charge is 0.272 e. The summed E-state index contributed by atoms with van der Waals surface area (Å²) >= 11 is 0. The second-order valence-corrected chi connectivity index (χ2v) is 5.69. The molecule has 2 N–H and O–H groups in total. The van der Waals surface area contributed by atoms with E-state index in [1.165, 1.54) is 6.07 Å². The first kappa shape index (κ1) is 15.7. The van der Waals surface area contributed by atoms with Crippen LogP contribution in [0, 0.1) is 13.8 Å². The number of hydrogen-bond donors (Lipinski definition) is 2. The summed E-state index contributed by atoms with van der Waals surface area (Å²) in [5, 5.41) is 2.86. The number of carbonyl (C=O) groups is 1. The summed E-state index contributed by atoms with van der Waals surface area (Å²) in [6.07, 6.45) is 0. The predicted molar refractivity (Wildman–Crippen MR) is 93.1 cm³/mol. The van der Waals surface area contributed by atoms with Crippen LogP contribution in [0.5, 0.6) is 0 Å². The molecule has 3 aromatic rings. The molecule has 0 atom stereocenters. The van der Waals surface area contributed by atoms with Crippen molar-refractivity contribution in [3.05, 3.63) is 69.9 Å². The molecule has 0 bridgehead atoms. The predicted octanol–water partition coefficient (Wildman–Crippen LogP) is 2.64. The molecule has 3 rings (SSSR count). The highest BCUT2D eigenvalue weighted by Crippen LogP contribution is 2.18. The molecular formula is C18H18N4O2. The standard InChI is InChI=1S/C18H18N4O2/c1-11-10-16(23)21-17(19-11)13-5-7-14(8-6-13)20-18(24)15-9-4-12(2)22(15)3/h4-10H,1-3H3,(H,20,24)(H,19,21,23). The number of carbonyl (C=O) groups excluding carboxylic acids is 1. The zero-order valence-corrected chi connectivity index (χ0v) is 13.8. The third kappa shape index (κ3) is 3.12. The number of nitrogens with zero attached hydrogens (tertiary/aromatic N) is 2. The van der Waals surface area contributed by atoms with E-state index in [2.05, 4.69) is 15.3 Å². The van der Waals surface area contributed by atoms with E-state index >= 15 is 0 Å². The zero-order valence-electron chi connectivity index (χ0n) is 13.8. The molecule has 1 aromatic carbocycles. The van der Waals surface area contributed by atoms with Crippen molar-refractivity contribution >= 4 is 11.6 Å². The number of nitrogens with one attached hydrogen (secondary N) is 2. The molecule has 2 aromatic heterocycles. The summed E-state index contributed by atoms with van der Waals surface area (Å²) in [6, 6.07) is 12.3. The maximum absolute atomic E-state index is 12.3. The number of aromatic nitrogens is 3. The van der Waals surface area contributed by atoms with E-state index in [1.54, 1.807) is 25.1 Å². The highest BCUT2D eigenvalue weighted by Gasteiger charge is 2.11. The third-order valence-corrected chi connectivity index (χ3v) is 3.89. The van der Waals surface area contributed by atoms with Crippen molar-refractivity contribution in [2.75, 3.05) is 5.32 Å². The van der Waals surface area contributed by atoms with Gasteiger partial charge in [0, 0.05) is 35.8 Å². The average molecular weight is 322 g/mol. The summed E-state index contributed by atoms with van der Waals surface area (Å²) in [4.78, 5) is 30.8. The van der Waals surface area contributed by atoms with Crippen LogP contribution in [0.25, 0.3) is 11.4 Å².